The minimum Gasteiger partial charge on any atom is -0.307 e. The Morgan fingerprint density at radius 1 is 0.917 bits per heavy atom. The lowest BCUT2D eigenvalue weighted by molar-refractivity contribution is -0.137. The summed E-state index contributed by atoms with van der Waals surface area (Å²) in [6.45, 7) is 0.129. The molecule has 0 radical (unpaired) electrons. The molecule has 1 fully saturated rings. The fraction of sp³-hybridized carbons (Fsp3) is 0.148. The standard InChI is InChI=1S/C27H20F3N3O2S/c28-27(29,30)19-10-11-22(24(36)15-19)33-25(34)23(14-17-6-2-1-3-7-17)32(26(33)35)16-18-12-13-31-21-9-5-4-8-20(18)21/h1-13,15,23,36H,14,16H2. The van der Waals surface area contributed by atoms with Crippen LogP contribution in [0.2, 0.25) is 0 Å². The fourth-order valence-electron chi connectivity index (χ4n) is 4.44. The first-order valence-electron chi connectivity index (χ1n) is 11.2. The molecule has 0 saturated carbocycles. The number of carbonyl (C=O) groups excluding carboxylic acids is 2. The van der Waals surface area contributed by atoms with Crippen molar-refractivity contribution in [2.24, 2.45) is 0 Å². The van der Waals surface area contributed by atoms with Crippen LogP contribution in [0.4, 0.5) is 23.7 Å². The fourth-order valence-corrected chi connectivity index (χ4v) is 4.75. The summed E-state index contributed by atoms with van der Waals surface area (Å²) in [5, 5.41) is 0.849. The van der Waals surface area contributed by atoms with Gasteiger partial charge < -0.3 is 4.90 Å². The van der Waals surface area contributed by atoms with Crippen molar-refractivity contribution in [2.45, 2.75) is 30.1 Å². The van der Waals surface area contributed by atoms with Crippen LogP contribution in [0.1, 0.15) is 16.7 Å². The molecule has 0 spiro atoms. The largest absolute Gasteiger partial charge is 0.416 e. The average Bonchev–Trinajstić information content (AvgIpc) is 3.08. The highest BCUT2D eigenvalue weighted by molar-refractivity contribution is 7.80. The molecule has 1 aliphatic rings. The lowest BCUT2D eigenvalue weighted by Gasteiger charge is -2.23. The molecule has 1 atom stereocenters. The third-order valence-electron chi connectivity index (χ3n) is 6.21. The Morgan fingerprint density at radius 3 is 2.36 bits per heavy atom. The van der Waals surface area contributed by atoms with E-state index in [0.29, 0.717) is 0 Å². The third kappa shape index (κ3) is 4.42. The van der Waals surface area contributed by atoms with Crippen LogP contribution in [0.25, 0.3) is 10.9 Å². The van der Waals surface area contributed by atoms with Crippen LogP contribution in [0.3, 0.4) is 0 Å². The second-order valence-electron chi connectivity index (χ2n) is 8.48. The number of pyridine rings is 1. The number of amides is 3. The number of anilines is 1. The van der Waals surface area contributed by atoms with Crippen LogP contribution in [-0.2, 0) is 23.9 Å². The first-order chi connectivity index (χ1) is 17.2. The van der Waals surface area contributed by atoms with Gasteiger partial charge in [-0.3, -0.25) is 9.78 Å². The van der Waals surface area contributed by atoms with Gasteiger partial charge in [-0.1, -0.05) is 48.5 Å². The lowest BCUT2D eigenvalue weighted by Crippen LogP contribution is -2.36. The zero-order valence-electron chi connectivity index (χ0n) is 18.8. The second kappa shape index (κ2) is 9.31. The predicted molar refractivity (Wildman–Crippen MR) is 133 cm³/mol. The Bertz CT molecular complexity index is 1450. The van der Waals surface area contributed by atoms with Gasteiger partial charge >= 0.3 is 12.2 Å². The van der Waals surface area contributed by atoms with Crippen LogP contribution in [-0.4, -0.2) is 27.9 Å². The Kier molecular flexibility index (Phi) is 6.17. The minimum absolute atomic E-state index is 0.0153. The summed E-state index contributed by atoms with van der Waals surface area (Å²) >= 11 is 4.19. The average molecular weight is 508 g/mol. The molecule has 182 valence electrons. The monoisotopic (exact) mass is 507 g/mol. The number of aromatic nitrogens is 1. The maximum atomic E-state index is 13.7. The van der Waals surface area contributed by atoms with Gasteiger partial charge in [-0.05, 0) is 41.5 Å². The van der Waals surface area contributed by atoms with E-state index in [1.807, 2.05) is 54.6 Å². The summed E-state index contributed by atoms with van der Waals surface area (Å²) in [5.41, 5.74) is 1.52. The molecule has 0 bridgehead atoms. The van der Waals surface area contributed by atoms with Crippen molar-refractivity contribution in [3.63, 3.8) is 0 Å². The number of rotatable bonds is 5. The molecule has 1 aliphatic heterocycles. The van der Waals surface area contributed by atoms with Gasteiger partial charge in [0.2, 0.25) is 0 Å². The molecule has 1 saturated heterocycles. The van der Waals surface area contributed by atoms with Crippen molar-refractivity contribution in [3.8, 4) is 0 Å². The molecule has 36 heavy (non-hydrogen) atoms. The Morgan fingerprint density at radius 2 is 1.64 bits per heavy atom. The molecule has 0 N–H and O–H groups in total. The van der Waals surface area contributed by atoms with Gasteiger partial charge in [0.1, 0.15) is 6.04 Å². The number of hydrogen-bond donors (Lipinski definition) is 1. The van der Waals surface area contributed by atoms with Crippen LogP contribution in [0, 0.1) is 0 Å². The Labute approximate surface area is 210 Å². The van der Waals surface area contributed by atoms with Gasteiger partial charge in [-0.2, -0.15) is 13.2 Å². The van der Waals surface area contributed by atoms with Crippen molar-refractivity contribution >= 4 is 41.2 Å². The molecule has 1 aromatic heterocycles. The number of para-hydroxylation sites is 1. The van der Waals surface area contributed by atoms with E-state index in [9.17, 15) is 22.8 Å². The van der Waals surface area contributed by atoms with E-state index in [1.54, 1.807) is 12.3 Å². The minimum atomic E-state index is -4.57. The van der Waals surface area contributed by atoms with Crippen molar-refractivity contribution in [3.05, 3.63) is 102 Å². The first kappa shape index (κ1) is 23.9. The lowest BCUT2D eigenvalue weighted by atomic mass is 10.0. The number of fused-ring (bicyclic) bond motifs is 1. The molecule has 4 aromatic rings. The maximum Gasteiger partial charge on any atom is 0.416 e. The molecule has 5 nitrogen and oxygen atoms in total. The normalized spacial score (nSPS) is 16.3. The number of alkyl halides is 3. The first-order valence-corrected chi connectivity index (χ1v) is 11.6. The highest BCUT2D eigenvalue weighted by atomic mass is 32.1. The van der Waals surface area contributed by atoms with E-state index in [-0.39, 0.29) is 23.5 Å². The van der Waals surface area contributed by atoms with Crippen LogP contribution in [0.5, 0.6) is 0 Å². The number of thiol groups is 1. The molecule has 5 rings (SSSR count). The van der Waals surface area contributed by atoms with E-state index in [4.69, 9.17) is 0 Å². The van der Waals surface area contributed by atoms with Gasteiger partial charge in [0, 0.05) is 29.4 Å². The number of nitrogens with zero attached hydrogens (tertiary/aromatic N) is 3. The maximum absolute atomic E-state index is 13.7. The Hall–Kier alpha value is -3.85. The Balaban J connectivity index is 1.55. The number of halogens is 3. The van der Waals surface area contributed by atoms with Gasteiger partial charge in [0.25, 0.3) is 5.91 Å². The van der Waals surface area contributed by atoms with E-state index >= 15 is 0 Å². The highest BCUT2D eigenvalue weighted by Crippen LogP contribution is 2.37. The molecule has 3 aromatic carbocycles. The van der Waals surface area contributed by atoms with Crippen molar-refractivity contribution in [2.75, 3.05) is 4.90 Å². The van der Waals surface area contributed by atoms with Gasteiger partial charge in [-0.25, -0.2) is 9.69 Å². The molecule has 9 heteroatoms. The number of carbonyl (C=O) groups is 2. The summed E-state index contributed by atoms with van der Waals surface area (Å²) in [4.78, 5) is 33.9. The van der Waals surface area contributed by atoms with Gasteiger partial charge in [0.05, 0.1) is 16.8 Å². The number of urea groups is 1. The number of imide groups is 1. The van der Waals surface area contributed by atoms with E-state index in [0.717, 1.165) is 45.1 Å². The summed E-state index contributed by atoms with van der Waals surface area (Å²) < 4.78 is 39.5. The van der Waals surface area contributed by atoms with Crippen LogP contribution >= 0.6 is 12.6 Å². The summed E-state index contributed by atoms with van der Waals surface area (Å²) in [6, 6.07) is 19.9. The smallest absolute Gasteiger partial charge is 0.307 e. The molecular formula is C27H20F3N3O2S. The quantitative estimate of drug-likeness (QED) is 0.262. The van der Waals surface area contributed by atoms with Gasteiger partial charge in [0.15, 0.2) is 0 Å². The molecule has 2 heterocycles. The van der Waals surface area contributed by atoms with E-state index in [1.165, 1.54) is 4.90 Å². The summed E-state index contributed by atoms with van der Waals surface area (Å²) in [5.74, 6) is -0.516. The second-order valence-corrected chi connectivity index (χ2v) is 8.96. The number of hydrogen-bond acceptors (Lipinski definition) is 4. The predicted octanol–water partition coefficient (Wildman–Crippen LogP) is 6.12. The topological polar surface area (TPSA) is 53.5 Å². The van der Waals surface area contributed by atoms with Crippen molar-refractivity contribution in [1.29, 1.82) is 0 Å². The molecule has 0 aliphatic carbocycles. The van der Waals surface area contributed by atoms with Crippen molar-refractivity contribution < 1.29 is 22.8 Å². The molecule has 3 amide bonds. The van der Waals surface area contributed by atoms with Crippen molar-refractivity contribution in [1.82, 2.24) is 9.88 Å². The van der Waals surface area contributed by atoms with E-state index < -0.39 is 29.7 Å². The zero-order chi connectivity index (χ0) is 25.4. The zero-order valence-corrected chi connectivity index (χ0v) is 19.7. The third-order valence-corrected chi connectivity index (χ3v) is 6.57. The van der Waals surface area contributed by atoms with E-state index in [2.05, 4.69) is 17.6 Å². The van der Waals surface area contributed by atoms with Crippen LogP contribution in [0.15, 0.2) is 90.0 Å². The summed E-state index contributed by atoms with van der Waals surface area (Å²) in [6.07, 6.45) is -2.67. The summed E-state index contributed by atoms with van der Waals surface area (Å²) in [7, 11) is 0. The molecule has 1 unspecified atom stereocenters. The highest BCUT2D eigenvalue weighted by Gasteiger charge is 2.46. The van der Waals surface area contributed by atoms with Crippen LogP contribution < -0.4 is 4.90 Å². The number of benzene rings is 3. The molecular weight excluding hydrogens is 487 g/mol. The SMILES string of the molecule is O=C1C(Cc2ccccc2)N(Cc2ccnc3ccccc23)C(=O)N1c1ccc(C(F)(F)F)cc1S. The van der Waals surface area contributed by atoms with Gasteiger partial charge in [-0.15, -0.1) is 12.6 Å².